The normalized spacial score (nSPS) is 17.2. The number of aryl methyl sites for hydroxylation is 1. The highest BCUT2D eigenvalue weighted by atomic mass is 35.5. The lowest BCUT2D eigenvalue weighted by atomic mass is 9.94. The largest absolute Gasteiger partial charge is 0.355 e. The first-order valence-corrected chi connectivity index (χ1v) is 12.9. The minimum atomic E-state index is -0.119. The third-order valence-electron chi connectivity index (χ3n) is 6.27. The molecule has 2 saturated heterocycles. The van der Waals surface area contributed by atoms with E-state index in [0.29, 0.717) is 21.6 Å². The van der Waals surface area contributed by atoms with Crippen molar-refractivity contribution in [3.63, 3.8) is 0 Å². The van der Waals surface area contributed by atoms with E-state index in [0.717, 1.165) is 63.2 Å². The molecule has 2 amide bonds. The number of anilines is 2. The molecule has 4 rings (SSSR count). The van der Waals surface area contributed by atoms with Crippen molar-refractivity contribution in [1.82, 2.24) is 15.1 Å². The lowest BCUT2D eigenvalue weighted by Crippen LogP contribution is -2.44. The quantitative estimate of drug-likeness (QED) is 0.608. The molecule has 0 aliphatic carbocycles. The number of benzene rings is 1. The van der Waals surface area contributed by atoms with E-state index in [1.807, 2.05) is 31.2 Å². The molecule has 0 unspecified atom stereocenters. The predicted molar refractivity (Wildman–Crippen MR) is 133 cm³/mol. The zero-order valence-corrected chi connectivity index (χ0v) is 20.5. The summed E-state index contributed by atoms with van der Waals surface area (Å²) in [6.45, 7) is 5.38. The van der Waals surface area contributed by atoms with Crippen LogP contribution in [0.25, 0.3) is 0 Å². The number of nitrogens with zero attached hydrogens (tertiary/aromatic N) is 4. The van der Waals surface area contributed by atoms with Crippen LogP contribution in [0, 0.1) is 12.8 Å². The molecule has 9 heteroatoms. The first kappa shape index (κ1) is 23.8. The molecule has 0 saturated carbocycles. The molecule has 0 spiro atoms. The summed E-state index contributed by atoms with van der Waals surface area (Å²) in [4.78, 5) is 29.2. The van der Waals surface area contributed by atoms with E-state index in [1.165, 1.54) is 18.2 Å². The molecule has 2 aliphatic heterocycles. The van der Waals surface area contributed by atoms with Gasteiger partial charge in [-0.1, -0.05) is 29.4 Å². The number of carbonyl (C=O) groups excluding carboxylic acids is 2. The number of nitrogens with one attached hydrogen (secondary N) is 1. The van der Waals surface area contributed by atoms with E-state index in [9.17, 15) is 9.59 Å². The average Bonchev–Trinajstić information content (AvgIpc) is 2.85. The van der Waals surface area contributed by atoms with Gasteiger partial charge in [-0.3, -0.25) is 9.59 Å². The predicted octanol–water partition coefficient (Wildman–Crippen LogP) is 4.40. The van der Waals surface area contributed by atoms with E-state index >= 15 is 0 Å². The molecule has 1 aromatic carbocycles. The summed E-state index contributed by atoms with van der Waals surface area (Å²) in [6.07, 6.45) is 5.22. The maximum Gasteiger partial charge on any atom is 0.234 e. The Hall–Kier alpha value is -2.32. The lowest BCUT2D eigenvalue weighted by molar-refractivity contribution is -0.137. The number of hydrogen-bond donors (Lipinski definition) is 1. The topological polar surface area (TPSA) is 78.4 Å². The minimum absolute atomic E-state index is 0.119. The van der Waals surface area contributed by atoms with Crippen LogP contribution < -0.4 is 10.2 Å². The Kier molecular flexibility index (Phi) is 8.09. The van der Waals surface area contributed by atoms with Gasteiger partial charge in [-0.05, 0) is 68.9 Å². The third kappa shape index (κ3) is 6.38. The van der Waals surface area contributed by atoms with Crippen molar-refractivity contribution in [2.24, 2.45) is 5.92 Å². The van der Waals surface area contributed by atoms with E-state index in [-0.39, 0.29) is 17.6 Å². The molecule has 2 aliphatic rings. The van der Waals surface area contributed by atoms with Crippen molar-refractivity contribution in [1.29, 1.82) is 0 Å². The van der Waals surface area contributed by atoms with Gasteiger partial charge in [0.05, 0.1) is 5.75 Å². The number of amides is 2. The average molecular weight is 488 g/mol. The molecule has 2 fully saturated rings. The highest BCUT2D eigenvalue weighted by Gasteiger charge is 2.29. The van der Waals surface area contributed by atoms with Crippen LogP contribution in [0.3, 0.4) is 0 Å². The Morgan fingerprint density at radius 3 is 2.48 bits per heavy atom. The number of thioether (sulfide) groups is 1. The van der Waals surface area contributed by atoms with Gasteiger partial charge in [0.1, 0.15) is 5.03 Å². The fourth-order valence-electron chi connectivity index (χ4n) is 4.29. The van der Waals surface area contributed by atoms with Gasteiger partial charge in [-0.25, -0.2) is 0 Å². The van der Waals surface area contributed by atoms with E-state index in [1.54, 1.807) is 6.07 Å². The van der Waals surface area contributed by atoms with Crippen molar-refractivity contribution in [2.75, 3.05) is 42.1 Å². The monoisotopic (exact) mass is 487 g/mol. The number of aromatic nitrogens is 2. The Bertz CT molecular complexity index is 973. The second kappa shape index (κ2) is 11.2. The van der Waals surface area contributed by atoms with Crippen LogP contribution in [0.4, 0.5) is 11.5 Å². The molecule has 33 heavy (non-hydrogen) atoms. The fraction of sp³-hybridized carbons (Fsp3) is 0.500. The molecule has 7 nitrogen and oxygen atoms in total. The van der Waals surface area contributed by atoms with Gasteiger partial charge in [-0.15, -0.1) is 10.2 Å². The number of rotatable bonds is 6. The number of likely N-dealkylation sites (tertiary alicyclic amines) is 1. The van der Waals surface area contributed by atoms with Crippen LogP contribution in [0.1, 0.15) is 37.7 Å². The van der Waals surface area contributed by atoms with Crippen LogP contribution in [-0.2, 0) is 9.59 Å². The van der Waals surface area contributed by atoms with Gasteiger partial charge in [0.15, 0.2) is 5.82 Å². The zero-order valence-electron chi connectivity index (χ0n) is 18.9. The number of halogens is 1. The Morgan fingerprint density at radius 2 is 1.82 bits per heavy atom. The maximum absolute atomic E-state index is 12.8. The summed E-state index contributed by atoms with van der Waals surface area (Å²) < 4.78 is 0. The maximum atomic E-state index is 12.8. The number of carbonyl (C=O) groups is 2. The van der Waals surface area contributed by atoms with Crippen molar-refractivity contribution in [2.45, 2.75) is 44.1 Å². The van der Waals surface area contributed by atoms with Crippen LogP contribution in [0.15, 0.2) is 35.4 Å². The van der Waals surface area contributed by atoms with Gasteiger partial charge in [-0.2, -0.15) is 0 Å². The van der Waals surface area contributed by atoms with Gasteiger partial charge < -0.3 is 15.1 Å². The van der Waals surface area contributed by atoms with Crippen LogP contribution in [0.5, 0.6) is 0 Å². The van der Waals surface area contributed by atoms with Crippen LogP contribution >= 0.6 is 23.4 Å². The van der Waals surface area contributed by atoms with E-state index < -0.39 is 0 Å². The molecule has 0 radical (unpaired) electrons. The number of hydrogen-bond acceptors (Lipinski definition) is 6. The zero-order chi connectivity index (χ0) is 23.2. The second-order valence-corrected chi connectivity index (χ2v) is 10.1. The van der Waals surface area contributed by atoms with Gasteiger partial charge in [0.2, 0.25) is 11.8 Å². The fourth-order valence-corrected chi connectivity index (χ4v) is 5.09. The third-order valence-corrected chi connectivity index (χ3v) is 7.60. The van der Waals surface area contributed by atoms with Crippen molar-refractivity contribution in [3.05, 3.63) is 40.9 Å². The molecule has 2 aromatic rings. The first-order valence-electron chi connectivity index (χ1n) is 11.6. The highest BCUT2D eigenvalue weighted by molar-refractivity contribution is 7.99. The molecule has 3 heterocycles. The van der Waals surface area contributed by atoms with Gasteiger partial charge in [0, 0.05) is 42.8 Å². The Labute approximate surface area is 204 Å². The van der Waals surface area contributed by atoms with E-state index in [4.69, 9.17) is 11.6 Å². The SMILES string of the molecule is Cc1ccc(NC(=O)CSc2ccc(N3CCC(C(=O)N4CCCCC4)CC3)nn2)cc1Cl. The standard InChI is InChI=1S/C24H30ClN5O2S/c1-17-5-6-19(15-20(17)25)26-22(31)16-33-23-8-7-21(27-28-23)29-13-9-18(10-14-29)24(32)30-11-3-2-4-12-30/h5-8,15,18H,2-4,9-14,16H2,1H3,(H,26,31). The summed E-state index contributed by atoms with van der Waals surface area (Å²) >= 11 is 7.45. The summed E-state index contributed by atoms with van der Waals surface area (Å²) in [5.41, 5.74) is 1.65. The minimum Gasteiger partial charge on any atom is -0.355 e. The van der Waals surface area contributed by atoms with Crippen molar-refractivity contribution >= 4 is 46.7 Å². The molecule has 0 bridgehead atoms. The lowest BCUT2D eigenvalue weighted by Gasteiger charge is -2.35. The summed E-state index contributed by atoms with van der Waals surface area (Å²) in [5, 5.41) is 12.8. The van der Waals surface area contributed by atoms with Crippen molar-refractivity contribution < 1.29 is 9.59 Å². The molecular formula is C24H30ClN5O2S. The Balaban J connectivity index is 1.22. The number of piperidine rings is 2. The van der Waals surface area contributed by atoms with Crippen LogP contribution in [-0.4, -0.2) is 58.8 Å². The molecule has 176 valence electrons. The molecule has 1 aromatic heterocycles. The summed E-state index contributed by atoms with van der Waals surface area (Å²) in [5.74, 6) is 1.40. The van der Waals surface area contributed by atoms with E-state index in [2.05, 4.69) is 25.3 Å². The smallest absolute Gasteiger partial charge is 0.234 e. The second-order valence-electron chi connectivity index (χ2n) is 8.68. The van der Waals surface area contributed by atoms with Gasteiger partial charge in [0.25, 0.3) is 0 Å². The molecule has 1 N–H and O–H groups in total. The highest BCUT2D eigenvalue weighted by Crippen LogP contribution is 2.26. The van der Waals surface area contributed by atoms with Gasteiger partial charge >= 0.3 is 0 Å². The first-order chi connectivity index (χ1) is 16.0. The molecular weight excluding hydrogens is 458 g/mol. The summed E-state index contributed by atoms with van der Waals surface area (Å²) in [7, 11) is 0. The van der Waals surface area contributed by atoms with Crippen LogP contribution in [0.2, 0.25) is 5.02 Å². The molecule has 0 atom stereocenters. The van der Waals surface area contributed by atoms with Crippen molar-refractivity contribution in [3.8, 4) is 0 Å². The summed E-state index contributed by atoms with van der Waals surface area (Å²) in [6, 6.07) is 9.30. The Morgan fingerprint density at radius 1 is 1.06 bits per heavy atom.